The van der Waals surface area contributed by atoms with Gasteiger partial charge in [0, 0.05) is 19.2 Å². The van der Waals surface area contributed by atoms with Gasteiger partial charge in [0.15, 0.2) is 0 Å². The summed E-state index contributed by atoms with van der Waals surface area (Å²) in [6, 6.07) is 2.06. The van der Waals surface area contributed by atoms with Gasteiger partial charge in [-0.05, 0) is 12.0 Å². The van der Waals surface area contributed by atoms with Crippen molar-refractivity contribution in [2.24, 2.45) is 7.05 Å². The molecule has 2 heterocycles. The van der Waals surface area contributed by atoms with E-state index in [1.165, 1.54) is 5.52 Å². The topological polar surface area (TPSA) is 30.7 Å². The molecule has 0 N–H and O–H groups in total. The molecule has 0 atom stereocenters. The number of fused-ring (bicyclic) bond motifs is 1. The summed E-state index contributed by atoms with van der Waals surface area (Å²) >= 11 is 0. The van der Waals surface area contributed by atoms with Crippen molar-refractivity contribution in [3.05, 3.63) is 23.8 Å². The SMILES string of the molecule is CC(C)c1nc(C(C)C)c2c(ccn2C)n1. The van der Waals surface area contributed by atoms with Gasteiger partial charge in [-0.15, -0.1) is 0 Å². The summed E-state index contributed by atoms with van der Waals surface area (Å²) in [5, 5.41) is 0. The van der Waals surface area contributed by atoms with E-state index in [1.54, 1.807) is 0 Å². The number of aromatic nitrogens is 3. The fraction of sp³-hybridized carbons (Fsp3) is 0.538. The van der Waals surface area contributed by atoms with E-state index in [0.717, 1.165) is 17.0 Å². The Hall–Kier alpha value is -1.38. The molecular weight excluding hydrogens is 198 g/mol. The quantitative estimate of drug-likeness (QED) is 0.773. The van der Waals surface area contributed by atoms with Crippen LogP contribution < -0.4 is 0 Å². The van der Waals surface area contributed by atoms with E-state index < -0.39 is 0 Å². The van der Waals surface area contributed by atoms with Crippen LogP contribution >= 0.6 is 0 Å². The predicted molar refractivity (Wildman–Crippen MR) is 66.7 cm³/mol. The van der Waals surface area contributed by atoms with Gasteiger partial charge in [0.2, 0.25) is 0 Å². The van der Waals surface area contributed by atoms with E-state index in [-0.39, 0.29) is 0 Å². The van der Waals surface area contributed by atoms with Crippen LogP contribution in [0.15, 0.2) is 12.3 Å². The Bertz CT molecular complexity index is 509. The number of rotatable bonds is 2. The second-order valence-corrected chi connectivity index (χ2v) is 4.94. The highest BCUT2D eigenvalue weighted by atomic mass is 15.0. The summed E-state index contributed by atoms with van der Waals surface area (Å²) in [5.41, 5.74) is 3.38. The summed E-state index contributed by atoms with van der Waals surface area (Å²) in [7, 11) is 2.05. The van der Waals surface area contributed by atoms with Crippen molar-refractivity contribution in [3.63, 3.8) is 0 Å². The maximum atomic E-state index is 4.70. The van der Waals surface area contributed by atoms with Gasteiger partial charge in [0.1, 0.15) is 5.82 Å². The molecule has 0 amide bonds. The van der Waals surface area contributed by atoms with Crippen molar-refractivity contribution < 1.29 is 0 Å². The summed E-state index contributed by atoms with van der Waals surface area (Å²) in [4.78, 5) is 9.31. The van der Waals surface area contributed by atoms with Gasteiger partial charge in [0.05, 0.1) is 16.7 Å². The zero-order chi connectivity index (χ0) is 11.9. The molecule has 3 heteroatoms. The van der Waals surface area contributed by atoms with E-state index >= 15 is 0 Å². The maximum Gasteiger partial charge on any atom is 0.131 e. The summed E-state index contributed by atoms with van der Waals surface area (Å²) in [5.74, 6) is 1.75. The Morgan fingerprint density at radius 3 is 2.31 bits per heavy atom. The summed E-state index contributed by atoms with van der Waals surface area (Å²) in [6.07, 6.45) is 2.05. The van der Waals surface area contributed by atoms with Crippen molar-refractivity contribution in [2.75, 3.05) is 0 Å². The fourth-order valence-electron chi connectivity index (χ4n) is 1.90. The monoisotopic (exact) mass is 217 g/mol. The van der Waals surface area contributed by atoms with Crippen LogP contribution in [0, 0.1) is 0 Å². The van der Waals surface area contributed by atoms with Gasteiger partial charge in [0.25, 0.3) is 0 Å². The third-order valence-electron chi connectivity index (χ3n) is 2.83. The molecule has 0 saturated heterocycles. The average molecular weight is 217 g/mol. The second-order valence-electron chi connectivity index (χ2n) is 4.94. The Labute approximate surface area is 96.5 Å². The zero-order valence-corrected chi connectivity index (χ0v) is 10.7. The van der Waals surface area contributed by atoms with Gasteiger partial charge < -0.3 is 4.57 Å². The van der Waals surface area contributed by atoms with E-state index in [9.17, 15) is 0 Å². The zero-order valence-electron chi connectivity index (χ0n) is 10.7. The van der Waals surface area contributed by atoms with Gasteiger partial charge in [-0.25, -0.2) is 9.97 Å². The minimum Gasteiger partial charge on any atom is -0.348 e. The van der Waals surface area contributed by atoms with Crippen LogP contribution in [-0.4, -0.2) is 14.5 Å². The molecule has 0 fully saturated rings. The van der Waals surface area contributed by atoms with E-state index in [4.69, 9.17) is 4.98 Å². The highest BCUT2D eigenvalue weighted by Crippen LogP contribution is 2.24. The number of nitrogens with zero attached hydrogens (tertiary/aromatic N) is 3. The molecule has 0 aliphatic rings. The third kappa shape index (κ3) is 1.70. The van der Waals surface area contributed by atoms with E-state index in [2.05, 4.69) is 49.5 Å². The molecule has 2 aromatic rings. The molecule has 0 saturated carbocycles. The highest BCUT2D eigenvalue weighted by molar-refractivity contribution is 5.78. The molecule has 3 nitrogen and oxygen atoms in total. The molecule has 0 aliphatic heterocycles. The first-order valence-corrected chi connectivity index (χ1v) is 5.83. The van der Waals surface area contributed by atoms with Crippen LogP contribution in [-0.2, 0) is 7.05 Å². The van der Waals surface area contributed by atoms with Crippen LogP contribution in [0.25, 0.3) is 11.0 Å². The normalized spacial score (nSPS) is 11.9. The van der Waals surface area contributed by atoms with Crippen LogP contribution in [0.3, 0.4) is 0 Å². The maximum absolute atomic E-state index is 4.70. The second kappa shape index (κ2) is 3.89. The molecule has 0 radical (unpaired) electrons. The molecule has 2 rings (SSSR count). The average Bonchev–Trinajstić information content (AvgIpc) is 2.59. The summed E-state index contributed by atoms with van der Waals surface area (Å²) < 4.78 is 2.11. The van der Waals surface area contributed by atoms with Crippen LogP contribution in [0.2, 0.25) is 0 Å². The third-order valence-corrected chi connectivity index (χ3v) is 2.83. The van der Waals surface area contributed by atoms with Gasteiger partial charge >= 0.3 is 0 Å². The molecule has 2 aromatic heterocycles. The van der Waals surface area contributed by atoms with Crippen molar-refractivity contribution in [2.45, 2.75) is 39.5 Å². The van der Waals surface area contributed by atoms with Crippen molar-refractivity contribution in [1.29, 1.82) is 0 Å². The number of aryl methyl sites for hydroxylation is 1. The first kappa shape index (κ1) is 11.1. The molecular formula is C13H19N3. The first-order valence-electron chi connectivity index (χ1n) is 5.83. The largest absolute Gasteiger partial charge is 0.348 e. The van der Waals surface area contributed by atoms with Crippen LogP contribution in [0.4, 0.5) is 0 Å². The standard InChI is InChI=1S/C13H19N3/c1-8(2)11-12-10(6-7-16(12)5)14-13(15-11)9(3)4/h6-9H,1-5H3. The van der Waals surface area contributed by atoms with Gasteiger partial charge in [-0.1, -0.05) is 27.7 Å². The lowest BCUT2D eigenvalue weighted by Gasteiger charge is -2.12. The summed E-state index contributed by atoms with van der Waals surface area (Å²) in [6.45, 7) is 8.63. The molecule has 0 bridgehead atoms. The van der Waals surface area contributed by atoms with E-state index in [1.807, 2.05) is 7.05 Å². The highest BCUT2D eigenvalue weighted by Gasteiger charge is 2.14. The molecule has 0 aromatic carbocycles. The molecule has 16 heavy (non-hydrogen) atoms. The molecule has 0 unspecified atom stereocenters. The number of hydrogen-bond donors (Lipinski definition) is 0. The minimum atomic E-state index is 0.377. The number of hydrogen-bond acceptors (Lipinski definition) is 2. The lowest BCUT2D eigenvalue weighted by molar-refractivity contribution is 0.737. The lowest BCUT2D eigenvalue weighted by Crippen LogP contribution is -2.05. The first-order chi connectivity index (χ1) is 7.50. The Morgan fingerprint density at radius 1 is 1.06 bits per heavy atom. The van der Waals surface area contributed by atoms with Gasteiger partial charge in [-0.2, -0.15) is 0 Å². The Morgan fingerprint density at radius 2 is 1.75 bits per heavy atom. The van der Waals surface area contributed by atoms with Crippen LogP contribution in [0.5, 0.6) is 0 Å². The van der Waals surface area contributed by atoms with Crippen molar-refractivity contribution >= 4 is 11.0 Å². The minimum absolute atomic E-state index is 0.377. The van der Waals surface area contributed by atoms with Crippen molar-refractivity contribution in [3.8, 4) is 0 Å². The predicted octanol–water partition coefficient (Wildman–Crippen LogP) is 3.22. The molecule has 0 spiro atoms. The Balaban J connectivity index is 2.76. The molecule has 86 valence electrons. The lowest BCUT2D eigenvalue weighted by atomic mass is 10.1. The fourth-order valence-corrected chi connectivity index (χ4v) is 1.90. The molecule has 0 aliphatic carbocycles. The van der Waals surface area contributed by atoms with Crippen molar-refractivity contribution in [1.82, 2.24) is 14.5 Å². The smallest absolute Gasteiger partial charge is 0.131 e. The van der Waals surface area contributed by atoms with Gasteiger partial charge in [-0.3, -0.25) is 0 Å². The van der Waals surface area contributed by atoms with E-state index in [0.29, 0.717) is 11.8 Å². The Kier molecular flexibility index (Phi) is 2.70. The van der Waals surface area contributed by atoms with Crippen LogP contribution in [0.1, 0.15) is 51.0 Å².